The minimum atomic E-state index is -2.53. The van der Waals surface area contributed by atoms with E-state index >= 15 is 0 Å². The van der Waals surface area contributed by atoms with Crippen LogP contribution < -0.4 is 10.4 Å². The highest BCUT2D eigenvalue weighted by Gasteiger charge is 2.51. The Kier molecular flexibility index (Phi) is 7.16. The van der Waals surface area contributed by atoms with Gasteiger partial charge in [-0.05, 0) is 41.1 Å². The molecule has 0 bridgehead atoms. The molecule has 0 radical (unpaired) electrons. The van der Waals surface area contributed by atoms with Gasteiger partial charge in [0, 0.05) is 19.1 Å². The van der Waals surface area contributed by atoms with Gasteiger partial charge in [0.25, 0.3) is 8.32 Å². The number of carbonyl (C=O) groups is 1. The van der Waals surface area contributed by atoms with Crippen molar-refractivity contribution in [2.45, 2.75) is 57.6 Å². The van der Waals surface area contributed by atoms with Gasteiger partial charge in [-0.15, -0.1) is 0 Å². The molecule has 0 heterocycles. The van der Waals surface area contributed by atoms with Crippen molar-refractivity contribution in [3.8, 4) is 0 Å². The van der Waals surface area contributed by atoms with Crippen LogP contribution in [0.2, 0.25) is 5.04 Å². The number of hydrogen-bond donors (Lipinski definition) is 0. The standard InChI is InChI=1S/C25H35NO3Si/c1-25(2,3)30(22-12-8-6-9-13-22,23-14-10-7-11-15-23)29-21-18-16-20(17-19-21)24(27)26(4)28-5/h6-15,20-21H,16-19H2,1-5H3/t20-,21-. The maximum atomic E-state index is 12.5. The van der Waals surface area contributed by atoms with Crippen molar-refractivity contribution < 1.29 is 14.1 Å². The number of rotatable bonds is 6. The van der Waals surface area contributed by atoms with Gasteiger partial charge in [-0.25, -0.2) is 5.06 Å². The van der Waals surface area contributed by atoms with E-state index in [0.29, 0.717) is 0 Å². The summed E-state index contributed by atoms with van der Waals surface area (Å²) in [4.78, 5) is 17.6. The summed E-state index contributed by atoms with van der Waals surface area (Å²) in [7, 11) is 0.690. The lowest BCUT2D eigenvalue weighted by Gasteiger charge is -2.46. The predicted molar refractivity (Wildman–Crippen MR) is 124 cm³/mol. The molecule has 2 aromatic carbocycles. The Bertz CT molecular complexity index is 772. The minimum Gasteiger partial charge on any atom is -0.404 e. The van der Waals surface area contributed by atoms with Crippen LogP contribution in [0.25, 0.3) is 0 Å². The molecule has 0 aliphatic heterocycles. The molecule has 30 heavy (non-hydrogen) atoms. The largest absolute Gasteiger partial charge is 0.404 e. The number of amides is 1. The molecule has 2 aromatic rings. The van der Waals surface area contributed by atoms with Crippen LogP contribution in [0.1, 0.15) is 46.5 Å². The molecule has 0 aromatic heterocycles. The highest BCUT2D eigenvalue weighted by molar-refractivity contribution is 6.99. The maximum absolute atomic E-state index is 12.5. The zero-order chi connectivity index (χ0) is 21.8. The van der Waals surface area contributed by atoms with Gasteiger partial charge >= 0.3 is 0 Å². The normalized spacial score (nSPS) is 20.0. The van der Waals surface area contributed by atoms with Crippen molar-refractivity contribution >= 4 is 24.6 Å². The van der Waals surface area contributed by atoms with Gasteiger partial charge in [-0.2, -0.15) is 0 Å². The molecule has 1 fully saturated rings. The first-order valence-electron chi connectivity index (χ1n) is 10.9. The van der Waals surface area contributed by atoms with Crippen molar-refractivity contribution in [3.63, 3.8) is 0 Å². The molecule has 1 aliphatic rings. The Morgan fingerprint density at radius 2 is 1.37 bits per heavy atom. The molecule has 0 saturated heterocycles. The van der Waals surface area contributed by atoms with Crippen LogP contribution in [-0.4, -0.2) is 39.5 Å². The fourth-order valence-corrected chi connectivity index (χ4v) is 9.47. The summed E-state index contributed by atoms with van der Waals surface area (Å²) in [5.74, 6) is 0.0929. The minimum absolute atomic E-state index is 0.0222. The average molecular weight is 426 g/mol. The van der Waals surface area contributed by atoms with Gasteiger partial charge in [0.1, 0.15) is 0 Å². The second kappa shape index (κ2) is 9.46. The summed E-state index contributed by atoms with van der Waals surface area (Å²) in [6, 6.07) is 21.5. The van der Waals surface area contributed by atoms with Crippen molar-refractivity contribution in [1.29, 1.82) is 0 Å². The van der Waals surface area contributed by atoms with E-state index in [1.165, 1.54) is 22.5 Å². The van der Waals surface area contributed by atoms with Crippen molar-refractivity contribution in [3.05, 3.63) is 60.7 Å². The number of carbonyl (C=O) groups excluding carboxylic acids is 1. The van der Waals surface area contributed by atoms with E-state index in [1.807, 2.05) is 0 Å². The third-order valence-corrected chi connectivity index (χ3v) is 11.5. The Morgan fingerprint density at radius 1 is 0.900 bits per heavy atom. The topological polar surface area (TPSA) is 38.8 Å². The fraction of sp³-hybridized carbons (Fsp3) is 0.480. The van der Waals surface area contributed by atoms with Crippen LogP contribution in [0.4, 0.5) is 0 Å². The van der Waals surface area contributed by atoms with Crippen molar-refractivity contribution in [2.75, 3.05) is 14.2 Å². The summed E-state index contributed by atoms with van der Waals surface area (Å²) >= 11 is 0. The predicted octanol–water partition coefficient (Wildman–Crippen LogP) is 4.14. The quantitative estimate of drug-likeness (QED) is 0.516. The van der Waals surface area contributed by atoms with E-state index in [1.54, 1.807) is 7.05 Å². The summed E-state index contributed by atoms with van der Waals surface area (Å²) in [6.07, 6.45) is 3.65. The van der Waals surface area contributed by atoms with Crippen molar-refractivity contribution in [1.82, 2.24) is 5.06 Å². The molecule has 1 saturated carbocycles. The smallest absolute Gasteiger partial charge is 0.261 e. The Hall–Kier alpha value is -1.95. The summed E-state index contributed by atoms with van der Waals surface area (Å²) in [5, 5.41) is 3.94. The molecular formula is C25H35NO3Si. The van der Waals surface area contributed by atoms with Gasteiger partial charge < -0.3 is 4.43 Å². The molecule has 0 spiro atoms. The second-order valence-electron chi connectivity index (χ2n) is 9.27. The van der Waals surface area contributed by atoms with E-state index in [9.17, 15) is 4.79 Å². The van der Waals surface area contributed by atoms with E-state index in [4.69, 9.17) is 9.26 Å². The van der Waals surface area contributed by atoms with Gasteiger partial charge in [0.2, 0.25) is 5.91 Å². The summed E-state index contributed by atoms with van der Waals surface area (Å²) < 4.78 is 7.21. The van der Waals surface area contributed by atoms with Crippen LogP contribution in [-0.2, 0) is 14.1 Å². The molecule has 1 amide bonds. The van der Waals surface area contributed by atoms with Crippen LogP contribution in [0.5, 0.6) is 0 Å². The van der Waals surface area contributed by atoms with Crippen LogP contribution in [0, 0.1) is 5.92 Å². The summed E-state index contributed by atoms with van der Waals surface area (Å²) in [6.45, 7) is 6.92. The highest BCUT2D eigenvalue weighted by atomic mass is 28.4. The molecule has 4 nitrogen and oxygen atoms in total. The lowest BCUT2D eigenvalue weighted by molar-refractivity contribution is -0.174. The Balaban J connectivity index is 1.91. The third-order valence-electron chi connectivity index (χ3n) is 6.37. The molecule has 0 unspecified atom stereocenters. The van der Waals surface area contributed by atoms with Gasteiger partial charge in [-0.3, -0.25) is 9.63 Å². The maximum Gasteiger partial charge on any atom is 0.261 e. The highest BCUT2D eigenvalue weighted by Crippen LogP contribution is 2.40. The fourth-order valence-electron chi connectivity index (χ4n) is 4.72. The Morgan fingerprint density at radius 3 is 1.77 bits per heavy atom. The SMILES string of the molecule is CON(C)C(=O)[C@H]1CC[C@H](O[Si](c2ccccc2)(c2ccccc2)C(C)(C)C)CC1. The van der Waals surface area contributed by atoms with E-state index < -0.39 is 8.32 Å². The van der Waals surface area contributed by atoms with Gasteiger partial charge in [-0.1, -0.05) is 81.4 Å². The molecule has 162 valence electrons. The van der Waals surface area contributed by atoms with Crippen molar-refractivity contribution in [2.24, 2.45) is 5.92 Å². The lowest BCUT2D eigenvalue weighted by atomic mass is 9.87. The average Bonchev–Trinajstić information content (AvgIpc) is 2.77. The third kappa shape index (κ3) is 4.53. The van der Waals surface area contributed by atoms with Gasteiger partial charge in [0.05, 0.1) is 7.11 Å². The number of benzene rings is 2. The number of nitrogens with zero attached hydrogens (tertiary/aromatic N) is 1. The first kappa shape index (κ1) is 22.7. The monoisotopic (exact) mass is 425 g/mol. The zero-order valence-electron chi connectivity index (χ0n) is 18.9. The number of hydrogen-bond acceptors (Lipinski definition) is 3. The van der Waals surface area contributed by atoms with Crippen LogP contribution in [0.3, 0.4) is 0 Å². The Labute approximate surface area is 182 Å². The van der Waals surface area contributed by atoms with Crippen LogP contribution >= 0.6 is 0 Å². The zero-order valence-corrected chi connectivity index (χ0v) is 19.9. The molecule has 3 rings (SSSR count). The van der Waals surface area contributed by atoms with Gasteiger partial charge in [0.15, 0.2) is 0 Å². The first-order valence-corrected chi connectivity index (χ1v) is 12.8. The van der Waals surface area contributed by atoms with E-state index in [0.717, 1.165) is 25.7 Å². The number of hydroxylamine groups is 2. The first-order chi connectivity index (χ1) is 14.3. The molecular weight excluding hydrogens is 390 g/mol. The lowest BCUT2D eigenvalue weighted by Crippen LogP contribution is -2.67. The molecule has 0 N–H and O–H groups in total. The second-order valence-corrected chi connectivity index (χ2v) is 13.5. The molecule has 1 aliphatic carbocycles. The molecule has 0 atom stereocenters. The molecule has 5 heteroatoms. The van der Waals surface area contributed by atoms with E-state index in [-0.39, 0.29) is 23.0 Å². The van der Waals surface area contributed by atoms with E-state index in [2.05, 4.69) is 81.4 Å². The summed E-state index contributed by atoms with van der Waals surface area (Å²) in [5.41, 5.74) is 0. The van der Waals surface area contributed by atoms with Crippen LogP contribution in [0.15, 0.2) is 60.7 Å².